The molecular weight excluding hydrogens is 434 g/mol. The van der Waals surface area contributed by atoms with Crippen molar-refractivity contribution in [2.75, 3.05) is 44.0 Å². The van der Waals surface area contributed by atoms with Gasteiger partial charge in [-0.1, -0.05) is 6.92 Å². The summed E-state index contributed by atoms with van der Waals surface area (Å²) in [6, 6.07) is 3.83. The molecule has 0 aliphatic carbocycles. The van der Waals surface area contributed by atoms with E-state index in [1.807, 2.05) is 6.92 Å². The van der Waals surface area contributed by atoms with E-state index in [4.69, 9.17) is 4.74 Å². The highest BCUT2D eigenvalue weighted by Crippen LogP contribution is 2.31. The lowest BCUT2D eigenvalue weighted by atomic mass is 9.99. The number of benzene rings is 1. The topological polar surface area (TPSA) is 133 Å². The third kappa shape index (κ3) is 6.06. The minimum atomic E-state index is -3.55. The number of fused-ring (bicyclic) bond motifs is 1. The number of carbonyl (C=O) groups excluding carboxylic acids is 1. The number of nitrogens with one attached hydrogen (secondary N) is 1. The molecule has 2 N–H and O–H groups in total. The summed E-state index contributed by atoms with van der Waals surface area (Å²) in [5, 5.41) is 9.62. The smallest absolute Gasteiger partial charge is 0.258 e. The maximum atomic E-state index is 13.2. The van der Waals surface area contributed by atoms with Gasteiger partial charge in [-0.2, -0.15) is 0 Å². The molecule has 1 heterocycles. The normalized spacial score (nSPS) is 21.4. The van der Waals surface area contributed by atoms with Gasteiger partial charge in [-0.15, -0.1) is 0 Å². The van der Waals surface area contributed by atoms with Crippen LogP contribution in [0.1, 0.15) is 24.2 Å². The van der Waals surface area contributed by atoms with Gasteiger partial charge in [0.2, 0.25) is 20.0 Å². The molecule has 1 aliphatic heterocycles. The quantitative estimate of drug-likeness (QED) is 0.589. The first-order valence-corrected chi connectivity index (χ1v) is 13.1. The fourth-order valence-electron chi connectivity index (χ4n) is 3.11. The van der Waals surface area contributed by atoms with Crippen LogP contribution in [0.5, 0.6) is 5.75 Å². The molecule has 0 bridgehead atoms. The van der Waals surface area contributed by atoms with E-state index in [9.17, 15) is 26.7 Å². The van der Waals surface area contributed by atoms with Crippen molar-refractivity contribution < 1.29 is 31.5 Å². The van der Waals surface area contributed by atoms with Crippen molar-refractivity contribution in [1.29, 1.82) is 0 Å². The summed E-state index contributed by atoms with van der Waals surface area (Å²) in [7, 11) is -5.55. The molecule has 2 rings (SSSR count). The van der Waals surface area contributed by atoms with Crippen molar-refractivity contribution in [1.82, 2.24) is 9.21 Å². The van der Waals surface area contributed by atoms with Gasteiger partial charge >= 0.3 is 0 Å². The second kappa shape index (κ2) is 9.08. The molecule has 1 aromatic carbocycles. The Bertz CT molecular complexity index is 995. The van der Waals surface area contributed by atoms with Gasteiger partial charge in [0.05, 0.1) is 37.3 Å². The van der Waals surface area contributed by atoms with Crippen molar-refractivity contribution >= 4 is 31.6 Å². The first kappa shape index (κ1) is 24.4. The zero-order valence-corrected chi connectivity index (χ0v) is 19.3. The van der Waals surface area contributed by atoms with Crippen LogP contribution in [-0.2, 0) is 20.0 Å². The maximum absolute atomic E-state index is 13.2. The number of anilines is 1. The standard InChI is InChI=1S/C18H29N3O7S2/c1-12-9-21(13(2)11-22)18(23)15-8-14(19-29(4,24)25)6-7-16(15)28-17(12)10-20(3)30(5,26)27/h6-8,12-13,17,19,22H,9-11H2,1-5H3/t12-,13-,17+/m0/s1. The van der Waals surface area contributed by atoms with E-state index >= 15 is 0 Å². The Labute approximate surface area is 177 Å². The van der Waals surface area contributed by atoms with Crippen LogP contribution in [-0.4, -0.2) is 88.5 Å². The zero-order valence-electron chi connectivity index (χ0n) is 17.7. The average Bonchev–Trinajstić information content (AvgIpc) is 2.62. The van der Waals surface area contributed by atoms with Crippen molar-refractivity contribution in [2.24, 2.45) is 5.92 Å². The minimum absolute atomic E-state index is 0.0678. The first-order valence-electron chi connectivity index (χ1n) is 9.34. The number of rotatable bonds is 7. The summed E-state index contributed by atoms with van der Waals surface area (Å²) in [5.41, 5.74) is 0.325. The summed E-state index contributed by atoms with van der Waals surface area (Å²) in [5.74, 6) is -0.438. The van der Waals surface area contributed by atoms with Gasteiger partial charge in [0, 0.05) is 25.2 Å². The molecule has 0 radical (unpaired) electrons. The van der Waals surface area contributed by atoms with Gasteiger partial charge in [-0.3, -0.25) is 9.52 Å². The molecular formula is C18H29N3O7S2. The molecule has 1 aromatic rings. The third-order valence-electron chi connectivity index (χ3n) is 4.97. The molecule has 0 unspecified atom stereocenters. The van der Waals surface area contributed by atoms with Crippen molar-refractivity contribution in [3.8, 4) is 5.75 Å². The molecule has 0 spiro atoms. The average molecular weight is 464 g/mol. The van der Waals surface area contributed by atoms with Crippen LogP contribution in [0.15, 0.2) is 18.2 Å². The first-order chi connectivity index (χ1) is 13.7. The molecule has 1 aliphatic rings. The maximum Gasteiger partial charge on any atom is 0.258 e. The number of carbonyl (C=O) groups is 1. The molecule has 0 saturated heterocycles. The third-order valence-corrected chi connectivity index (χ3v) is 6.86. The fourth-order valence-corrected chi connectivity index (χ4v) is 4.08. The number of nitrogens with zero attached hydrogens (tertiary/aromatic N) is 2. The van der Waals surface area contributed by atoms with Crippen molar-refractivity contribution in [2.45, 2.75) is 26.0 Å². The summed E-state index contributed by atoms with van der Waals surface area (Å²) >= 11 is 0. The Morgan fingerprint density at radius 3 is 2.47 bits per heavy atom. The van der Waals surface area contributed by atoms with Crippen molar-refractivity contribution in [3.63, 3.8) is 0 Å². The lowest BCUT2D eigenvalue weighted by molar-refractivity contribution is 0.0387. The monoisotopic (exact) mass is 463 g/mol. The molecule has 0 aromatic heterocycles. The van der Waals surface area contributed by atoms with Crippen LogP contribution >= 0.6 is 0 Å². The molecule has 170 valence electrons. The van der Waals surface area contributed by atoms with E-state index in [1.54, 1.807) is 6.92 Å². The Morgan fingerprint density at radius 1 is 1.30 bits per heavy atom. The number of hydrogen-bond acceptors (Lipinski definition) is 7. The van der Waals surface area contributed by atoms with E-state index in [2.05, 4.69) is 4.72 Å². The molecule has 10 nitrogen and oxygen atoms in total. The minimum Gasteiger partial charge on any atom is -0.488 e. The van der Waals surface area contributed by atoms with Crippen molar-refractivity contribution in [3.05, 3.63) is 23.8 Å². The van der Waals surface area contributed by atoms with Gasteiger partial charge in [0.25, 0.3) is 5.91 Å². The Hall–Kier alpha value is -1.89. The largest absolute Gasteiger partial charge is 0.488 e. The molecule has 1 amide bonds. The summed E-state index contributed by atoms with van der Waals surface area (Å²) < 4.78 is 56.4. The Kier molecular flexibility index (Phi) is 7.38. The SMILES string of the molecule is C[C@H]1CN([C@@H](C)CO)C(=O)c2cc(NS(C)(=O)=O)ccc2O[C@@H]1CN(C)S(C)(=O)=O. The van der Waals surface area contributed by atoms with Crippen LogP contribution in [0.2, 0.25) is 0 Å². The Balaban J connectivity index is 2.52. The second-order valence-corrected chi connectivity index (χ2v) is 11.6. The van der Waals surface area contributed by atoms with Crippen LogP contribution in [0.25, 0.3) is 0 Å². The van der Waals surface area contributed by atoms with Crippen LogP contribution in [0, 0.1) is 5.92 Å². The summed E-state index contributed by atoms with van der Waals surface area (Å²) in [6.45, 7) is 3.58. The lowest BCUT2D eigenvalue weighted by Crippen LogP contribution is -2.50. The number of aliphatic hydroxyl groups excluding tert-OH is 1. The van der Waals surface area contributed by atoms with Gasteiger partial charge in [0.1, 0.15) is 11.9 Å². The van der Waals surface area contributed by atoms with Gasteiger partial charge in [0.15, 0.2) is 0 Å². The zero-order chi connectivity index (χ0) is 22.9. The van der Waals surface area contributed by atoms with Gasteiger partial charge < -0.3 is 14.7 Å². The van der Waals surface area contributed by atoms with E-state index in [0.717, 1.165) is 12.5 Å². The van der Waals surface area contributed by atoms with E-state index in [0.29, 0.717) is 0 Å². The van der Waals surface area contributed by atoms with Crippen LogP contribution < -0.4 is 9.46 Å². The molecule has 0 fully saturated rings. The lowest BCUT2D eigenvalue weighted by Gasteiger charge is -2.38. The Morgan fingerprint density at radius 2 is 1.93 bits per heavy atom. The highest BCUT2D eigenvalue weighted by atomic mass is 32.2. The van der Waals surface area contributed by atoms with Crippen LogP contribution in [0.3, 0.4) is 0 Å². The predicted octanol–water partition coefficient (Wildman–Crippen LogP) is 0.170. The van der Waals surface area contributed by atoms with Crippen LogP contribution in [0.4, 0.5) is 5.69 Å². The van der Waals surface area contributed by atoms with Gasteiger partial charge in [-0.25, -0.2) is 21.1 Å². The number of likely N-dealkylation sites (N-methyl/N-ethyl adjacent to an activating group) is 1. The summed E-state index contributed by atoms with van der Waals surface area (Å²) in [4.78, 5) is 14.7. The van der Waals surface area contributed by atoms with Gasteiger partial charge in [-0.05, 0) is 25.1 Å². The number of hydrogen-bond donors (Lipinski definition) is 2. The molecule has 3 atom stereocenters. The number of sulfonamides is 2. The van der Waals surface area contributed by atoms with E-state index in [1.165, 1.54) is 34.5 Å². The predicted molar refractivity (Wildman–Crippen MR) is 114 cm³/mol. The number of ether oxygens (including phenoxy) is 1. The highest BCUT2D eigenvalue weighted by molar-refractivity contribution is 7.92. The number of aliphatic hydroxyl groups is 1. The van der Waals surface area contributed by atoms with E-state index in [-0.39, 0.29) is 42.6 Å². The second-order valence-electron chi connectivity index (χ2n) is 7.75. The molecule has 12 heteroatoms. The molecule has 0 saturated carbocycles. The number of amides is 1. The highest BCUT2D eigenvalue weighted by Gasteiger charge is 2.34. The summed E-state index contributed by atoms with van der Waals surface area (Å²) in [6.07, 6.45) is 1.53. The molecule has 30 heavy (non-hydrogen) atoms. The van der Waals surface area contributed by atoms with E-state index < -0.39 is 38.1 Å². The fraction of sp³-hybridized carbons (Fsp3) is 0.611.